The molecule has 6 heteroatoms. The van der Waals surface area contributed by atoms with Gasteiger partial charge in [0.2, 0.25) is 10.0 Å². The summed E-state index contributed by atoms with van der Waals surface area (Å²) in [6.07, 6.45) is 1.39. The molecule has 0 radical (unpaired) electrons. The first-order valence-electron chi connectivity index (χ1n) is 8.97. The lowest BCUT2D eigenvalue weighted by molar-refractivity contribution is -0.0445. The predicted molar refractivity (Wildman–Crippen MR) is 100.0 cm³/mol. The van der Waals surface area contributed by atoms with E-state index in [9.17, 15) is 8.42 Å². The van der Waals surface area contributed by atoms with E-state index in [1.807, 2.05) is 44.2 Å². The molecular formula is C19H26N2O3S. The monoisotopic (exact) mass is 362 g/mol. The standard InChI is InChI=1S/C17H20N2O3S.C2H6/c20-23(21,16-6-5-14-3-1-2-4-15(14)13-16)19-10-7-17(8-11-19)18-9-12-22-17;1-2/h1-6,13,18H,7-12H2;1-2H3. The van der Waals surface area contributed by atoms with E-state index in [1.54, 1.807) is 16.4 Å². The van der Waals surface area contributed by atoms with Crippen LogP contribution < -0.4 is 5.32 Å². The minimum Gasteiger partial charge on any atom is -0.359 e. The highest BCUT2D eigenvalue weighted by molar-refractivity contribution is 7.89. The van der Waals surface area contributed by atoms with Gasteiger partial charge in [0.25, 0.3) is 0 Å². The number of ether oxygens (including phenoxy) is 1. The van der Waals surface area contributed by atoms with E-state index in [2.05, 4.69) is 5.32 Å². The van der Waals surface area contributed by atoms with Gasteiger partial charge < -0.3 is 4.74 Å². The number of fused-ring (bicyclic) bond motifs is 1. The van der Waals surface area contributed by atoms with Crippen LogP contribution in [-0.2, 0) is 14.8 Å². The average molecular weight is 362 g/mol. The molecule has 2 aromatic rings. The molecule has 2 aliphatic heterocycles. The fourth-order valence-corrected chi connectivity index (χ4v) is 4.94. The summed E-state index contributed by atoms with van der Waals surface area (Å²) in [5, 5.41) is 5.36. The number of hydrogen-bond acceptors (Lipinski definition) is 4. The fourth-order valence-electron chi connectivity index (χ4n) is 3.46. The first-order valence-corrected chi connectivity index (χ1v) is 10.4. The number of sulfonamides is 1. The number of piperidine rings is 1. The third kappa shape index (κ3) is 3.58. The van der Waals surface area contributed by atoms with Gasteiger partial charge in [-0.2, -0.15) is 4.31 Å². The number of rotatable bonds is 2. The lowest BCUT2D eigenvalue weighted by Crippen LogP contribution is -2.52. The summed E-state index contributed by atoms with van der Waals surface area (Å²) >= 11 is 0. The normalized spacial score (nSPS) is 20.4. The van der Waals surface area contributed by atoms with Crippen molar-refractivity contribution in [3.63, 3.8) is 0 Å². The third-order valence-corrected chi connectivity index (χ3v) is 6.71. The Bertz CT molecular complexity index is 819. The van der Waals surface area contributed by atoms with Crippen LogP contribution in [0.15, 0.2) is 47.4 Å². The van der Waals surface area contributed by atoms with E-state index >= 15 is 0 Å². The summed E-state index contributed by atoms with van der Waals surface area (Å²) in [5.74, 6) is 0. The van der Waals surface area contributed by atoms with Crippen LogP contribution in [0.3, 0.4) is 0 Å². The van der Waals surface area contributed by atoms with E-state index in [1.165, 1.54) is 0 Å². The van der Waals surface area contributed by atoms with Gasteiger partial charge in [0.05, 0.1) is 11.5 Å². The third-order valence-electron chi connectivity index (χ3n) is 4.82. The molecule has 0 aliphatic carbocycles. The Morgan fingerprint density at radius 1 is 1.04 bits per heavy atom. The van der Waals surface area contributed by atoms with Crippen molar-refractivity contribution < 1.29 is 13.2 Å². The molecule has 25 heavy (non-hydrogen) atoms. The van der Waals surface area contributed by atoms with Gasteiger partial charge >= 0.3 is 0 Å². The van der Waals surface area contributed by atoms with E-state index in [0.717, 1.165) is 17.3 Å². The topological polar surface area (TPSA) is 58.6 Å². The van der Waals surface area contributed by atoms with Crippen molar-refractivity contribution in [1.82, 2.24) is 9.62 Å². The molecule has 5 nitrogen and oxygen atoms in total. The molecule has 0 saturated carbocycles. The Morgan fingerprint density at radius 3 is 2.36 bits per heavy atom. The summed E-state index contributed by atoms with van der Waals surface area (Å²) < 4.78 is 33.1. The smallest absolute Gasteiger partial charge is 0.243 e. The van der Waals surface area contributed by atoms with Crippen molar-refractivity contribution in [3.05, 3.63) is 42.5 Å². The molecule has 2 saturated heterocycles. The number of nitrogens with zero attached hydrogens (tertiary/aromatic N) is 1. The van der Waals surface area contributed by atoms with Crippen LogP contribution in [0.2, 0.25) is 0 Å². The highest BCUT2D eigenvalue weighted by Gasteiger charge is 2.41. The van der Waals surface area contributed by atoms with Crippen molar-refractivity contribution in [3.8, 4) is 0 Å². The van der Waals surface area contributed by atoms with E-state index in [4.69, 9.17) is 4.74 Å². The Labute approximate surface area is 150 Å². The number of nitrogens with one attached hydrogen (secondary N) is 1. The van der Waals surface area contributed by atoms with Gasteiger partial charge in [-0.25, -0.2) is 8.42 Å². The van der Waals surface area contributed by atoms with Crippen LogP contribution in [0.1, 0.15) is 26.7 Å². The molecule has 2 aromatic carbocycles. The zero-order valence-electron chi connectivity index (χ0n) is 14.9. The molecule has 136 valence electrons. The zero-order chi connectivity index (χ0) is 17.9. The second-order valence-corrected chi connectivity index (χ2v) is 8.12. The second kappa shape index (κ2) is 7.41. The van der Waals surface area contributed by atoms with Crippen LogP contribution in [0.5, 0.6) is 0 Å². The minimum absolute atomic E-state index is 0.310. The Balaban J connectivity index is 0.000000880. The zero-order valence-corrected chi connectivity index (χ0v) is 15.7. The van der Waals surface area contributed by atoms with Crippen molar-refractivity contribution in [2.45, 2.75) is 37.3 Å². The van der Waals surface area contributed by atoms with Gasteiger partial charge in [0, 0.05) is 32.5 Å². The first kappa shape index (κ1) is 18.3. The lowest BCUT2D eigenvalue weighted by Gasteiger charge is -2.37. The molecule has 1 spiro atoms. The second-order valence-electron chi connectivity index (χ2n) is 6.18. The Hall–Kier alpha value is -1.47. The van der Waals surface area contributed by atoms with E-state index < -0.39 is 10.0 Å². The summed E-state index contributed by atoms with van der Waals surface area (Å²) in [6, 6.07) is 13.1. The fraction of sp³-hybridized carbons (Fsp3) is 0.474. The van der Waals surface area contributed by atoms with Crippen molar-refractivity contribution in [2.24, 2.45) is 0 Å². The molecular weight excluding hydrogens is 336 g/mol. The molecule has 2 aliphatic rings. The van der Waals surface area contributed by atoms with Crippen LogP contribution in [0.4, 0.5) is 0 Å². The van der Waals surface area contributed by atoms with Crippen LogP contribution in [0.25, 0.3) is 10.8 Å². The highest BCUT2D eigenvalue weighted by Crippen LogP contribution is 2.30. The quantitative estimate of drug-likeness (QED) is 0.892. The number of hydrogen-bond donors (Lipinski definition) is 1. The molecule has 2 heterocycles. The van der Waals surface area contributed by atoms with Gasteiger partial charge in [-0.05, 0) is 22.9 Å². The molecule has 0 bridgehead atoms. The maximum Gasteiger partial charge on any atom is 0.243 e. The van der Waals surface area contributed by atoms with Gasteiger partial charge in [0.1, 0.15) is 5.72 Å². The SMILES string of the molecule is CC.O=S(=O)(c1ccc2ccccc2c1)N1CCC2(CC1)NCCO2. The van der Waals surface area contributed by atoms with Gasteiger partial charge in [-0.15, -0.1) is 0 Å². The van der Waals surface area contributed by atoms with Crippen molar-refractivity contribution >= 4 is 20.8 Å². The van der Waals surface area contributed by atoms with E-state index in [-0.39, 0.29) is 5.72 Å². The molecule has 0 atom stereocenters. The highest BCUT2D eigenvalue weighted by atomic mass is 32.2. The summed E-state index contributed by atoms with van der Waals surface area (Å²) in [5.41, 5.74) is -0.310. The maximum atomic E-state index is 12.9. The van der Waals surface area contributed by atoms with E-state index in [0.29, 0.717) is 37.4 Å². The maximum absolute atomic E-state index is 12.9. The van der Waals surface area contributed by atoms with Crippen LogP contribution >= 0.6 is 0 Å². The molecule has 0 amide bonds. The predicted octanol–water partition coefficient (Wildman–Crippen LogP) is 2.97. The van der Waals surface area contributed by atoms with Crippen LogP contribution in [0, 0.1) is 0 Å². The average Bonchev–Trinajstić information content (AvgIpc) is 3.11. The van der Waals surface area contributed by atoms with Gasteiger partial charge in [0.15, 0.2) is 0 Å². The molecule has 4 rings (SSSR count). The van der Waals surface area contributed by atoms with Crippen molar-refractivity contribution in [1.29, 1.82) is 0 Å². The van der Waals surface area contributed by atoms with Gasteiger partial charge in [-0.1, -0.05) is 44.2 Å². The van der Waals surface area contributed by atoms with Crippen molar-refractivity contribution in [2.75, 3.05) is 26.2 Å². The Morgan fingerprint density at radius 2 is 1.72 bits per heavy atom. The molecule has 0 unspecified atom stereocenters. The minimum atomic E-state index is -3.45. The summed E-state index contributed by atoms with van der Waals surface area (Å²) in [4.78, 5) is 0.368. The first-order chi connectivity index (χ1) is 12.1. The molecule has 2 fully saturated rings. The Kier molecular flexibility index (Phi) is 5.43. The van der Waals surface area contributed by atoms with Gasteiger partial charge in [-0.3, -0.25) is 5.32 Å². The lowest BCUT2D eigenvalue weighted by atomic mass is 10.0. The number of benzene rings is 2. The summed E-state index contributed by atoms with van der Waals surface area (Å²) in [7, 11) is -3.45. The molecule has 0 aromatic heterocycles. The summed E-state index contributed by atoms with van der Waals surface area (Å²) in [6.45, 7) is 6.53. The molecule has 1 N–H and O–H groups in total. The largest absolute Gasteiger partial charge is 0.359 e. The van der Waals surface area contributed by atoms with Crippen LogP contribution in [-0.4, -0.2) is 44.7 Å².